The maximum Gasteiger partial charge on any atom is 0.324 e. The smallest absolute Gasteiger partial charge is 0.308 e. The van der Waals surface area contributed by atoms with Gasteiger partial charge in [0.2, 0.25) is 0 Å². The highest BCUT2D eigenvalue weighted by molar-refractivity contribution is 6.33. The summed E-state index contributed by atoms with van der Waals surface area (Å²) in [5, 5.41) is 11.2. The van der Waals surface area contributed by atoms with E-state index >= 15 is 0 Å². The summed E-state index contributed by atoms with van der Waals surface area (Å²) in [6.45, 7) is 0.511. The lowest BCUT2D eigenvalue weighted by molar-refractivity contribution is 0.262. The molecule has 128 valence electrons. The summed E-state index contributed by atoms with van der Waals surface area (Å²) >= 11 is 17.8. The molecule has 0 spiro atoms. The molecule has 0 saturated heterocycles. The predicted molar refractivity (Wildman–Crippen MR) is 102 cm³/mol. The number of amides is 2. The van der Waals surface area contributed by atoms with Crippen molar-refractivity contribution < 1.29 is 4.79 Å². The first kappa shape index (κ1) is 17.6. The fourth-order valence-corrected chi connectivity index (χ4v) is 2.59. The number of aromatic nitrogens is 2. The first-order valence-electron chi connectivity index (χ1n) is 7.30. The molecular weight excluding hydrogens is 383 g/mol. The van der Waals surface area contributed by atoms with Crippen LogP contribution < -0.4 is 10.6 Å². The second kappa shape index (κ2) is 7.78. The molecule has 0 aliphatic rings. The van der Waals surface area contributed by atoms with Gasteiger partial charge in [0.25, 0.3) is 0 Å². The van der Waals surface area contributed by atoms with E-state index in [1.165, 1.54) is 0 Å². The van der Waals surface area contributed by atoms with Gasteiger partial charge in [0.15, 0.2) is 5.82 Å². The van der Waals surface area contributed by atoms with Crippen molar-refractivity contribution in [3.05, 3.63) is 75.4 Å². The largest absolute Gasteiger partial charge is 0.324 e. The molecule has 0 atom stereocenters. The summed E-state index contributed by atoms with van der Waals surface area (Å²) in [6, 6.07) is 13.7. The van der Waals surface area contributed by atoms with Crippen molar-refractivity contribution in [3.8, 4) is 0 Å². The Hall–Kier alpha value is -2.21. The van der Waals surface area contributed by atoms with Gasteiger partial charge in [0.1, 0.15) is 5.02 Å². The summed E-state index contributed by atoms with van der Waals surface area (Å²) in [5.74, 6) is 0.280. The molecule has 2 N–H and O–H groups in total. The molecule has 0 unspecified atom stereocenters. The van der Waals surface area contributed by atoms with Crippen LogP contribution in [0, 0.1) is 0 Å². The molecule has 2 aromatic carbocycles. The molecule has 0 saturated carbocycles. The van der Waals surface area contributed by atoms with E-state index in [2.05, 4.69) is 15.7 Å². The third-order valence-corrected chi connectivity index (χ3v) is 4.09. The van der Waals surface area contributed by atoms with Gasteiger partial charge in [0, 0.05) is 21.9 Å². The van der Waals surface area contributed by atoms with E-state index in [-0.39, 0.29) is 5.82 Å². The Morgan fingerprint density at radius 3 is 2.16 bits per heavy atom. The summed E-state index contributed by atoms with van der Waals surface area (Å²) in [4.78, 5) is 12.0. The van der Waals surface area contributed by atoms with Gasteiger partial charge in [-0.1, -0.05) is 46.9 Å². The number of halogens is 3. The molecule has 1 heterocycles. The maximum absolute atomic E-state index is 12.0. The highest BCUT2D eigenvalue weighted by atomic mass is 35.5. The maximum atomic E-state index is 12.0. The van der Waals surface area contributed by atoms with Crippen molar-refractivity contribution in [2.24, 2.45) is 0 Å². The lowest BCUT2D eigenvalue weighted by atomic mass is 10.2. The molecule has 8 heteroatoms. The Morgan fingerprint density at radius 1 is 0.920 bits per heavy atom. The SMILES string of the molecule is O=C(Nc1ccc(Cl)cc1)Nc1nn(Cc2ccc(Cl)cc2)cc1Cl. The summed E-state index contributed by atoms with van der Waals surface area (Å²) < 4.78 is 1.64. The zero-order valence-corrected chi connectivity index (χ0v) is 15.1. The van der Waals surface area contributed by atoms with Gasteiger partial charge >= 0.3 is 6.03 Å². The monoisotopic (exact) mass is 394 g/mol. The Bertz CT molecular complexity index is 876. The van der Waals surface area contributed by atoms with Gasteiger partial charge in [-0.05, 0) is 42.0 Å². The summed E-state index contributed by atoms with van der Waals surface area (Å²) in [7, 11) is 0. The Balaban J connectivity index is 1.64. The van der Waals surface area contributed by atoms with Crippen LogP contribution in [0.2, 0.25) is 15.1 Å². The fraction of sp³-hybridized carbons (Fsp3) is 0.0588. The van der Waals surface area contributed by atoms with Crippen LogP contribution in [0.5, 0.6) is 0 Å². The molecule has 0 radical (unpaired) electrons. The third kappa shape index (κ3) is 4.89. The van der Waals surface area contributed by atoms with Crippen LogP contribution in [0.15, 0.2) is 54.7 Å². The zero-order valence-electron chi connectivity index (χ0n) is 12.8. The van der Waals surface area contributed by atoms with Crippen molar-refractivity contribution in [1.82, 2.24) is 9.78 Å². The highest BCUT2D eigenvalue weighted by Gasteiger charge is 2.11. The number of anilines is 2. The Kier molecular flexibility index (Phi) is 5.48. The van der Waals surface area contributed by atoms with Crippen molar-refractivity contribution in [2.75, 3.05) is 10.6 Å². The summed E-state index contributed by atoms with van der Waals surface area (Å²) in [6.07, 6.45) is 1.65. The first-order valence-corrected chi connectivity index (χ1v) is 8.44. The topological polar surface area (TPSA) is 59.0 Å². The highest BCUT2D eigenvalue weighted by Crippen LogP contribution is 2.21. The number of rotatable bonds is 4. The second-order valence-corrected chi connectivity index (χ2v) is 6.52. The third-order valence-electron chi connectivity index (χ3n) is 3.31. The van der Waals surface area contributed by atoms with E-state index in [0.717, 1.165) is 5.56 Å². The number of nitrogens with one attached hydrogen (secondary N) is 2. The van der Waals surface area contributed by atoms with Gasteiger partial charge < -0.3 is 5.32 Å². The first-order chi connectivity index (χ1) is 12.0. The van der Waals surface area contributed by atoms with E-state index in [0.29, 0.717) is 27.3 Å². The minimum absolute atomic E-state index is 0.280. The molecule has 3 rings (SSSR count). The summed E-state index contributed by atoms with van der Waals surface area (Å²) in [5.41, 5.74) is 1.62. The molecule has 0 aliphatic carbocycles. The van der Waals surface area contributed by atoms with E-state index in [4.69, 9.17) is 34.8 Å². The van der Waals surface area contributed by atoms with E-state index < -0.39 is 6.03 Å². The van der Waals surface area contributed by atoms with Crippen LogP contribution in [0.25, 0.3) is 0 Å². The van der Waals surface area contributed by atoms with Crippen LogP contribution in [0.1, 0.15) is 5.56 Å². The minimum Gasteiger partial charge on any atom is -0.308 e. The van der Waals surface area contributed by atoms with Gasteiger partial charge in [-0.15, -0.1) is 0 Å². The number of carbonyl (C=O) groups excluding carboxylic acids is 1. The van der Waals surface area contributed by atoms with Gasteiger partial charge in [0.05, 0.1) is 6.54 Å². The fourth-order valence-electron chi connectivity index (χ4n) is 2.14. The van der Waals surface area contributed by atoms with Gasteiger partial charge in [-0.25, -0.2) is 4.79 Å². The molecule has 3 aromatic rings. The van der Waals surface area contributed by atoms with Crippen LogP contribution in [-0.4, -0.2) is 15.8 Å². The number of carbonyl (C=O) groups is 1. The normalized spacial score (nSPS) is 10.5. The van der Waals surface area contributed by atoms with E-state index in [1.807, 2.05) is 12.1 Å². The van der Waals surface area contributed by atoms with Crippen LogP contribution in [0.3, 0.4) is 0 Å². The van der Waals surface area contributed by atoms with Crippen molar-refractivity contribution in [3.63, 3.8) is 0 Å². The van der Waals surface area contributed by atoms with E-state index in [1.54, 1.807) is 47.3 Å². The number of hydrogen-bond acceptors (Lipinski definition) is 2. The molecule has 0 bridgehead atoms. The van der Waals surface area contributed by atoms with E-state index in [9.17, 15) is 4.79 Å². The molecule has 5 nitrogen and oxygen atoms in total. The standard InChI is InChI=1S/C17H13Cl3N4O/c18-12-3-1-11(2-4-12)9-24-10-15(20)16(23-24)22-17(25)21-14-7-5-13(19)6-8-14/h1-8,10H,9H2,(H2,21,22,23,25). The quantitative estimate of drug-likeness (QED) is 0.609. The van der Waals surface area contributed by atoms with Crippen molar-refractivity contribution >= 4 is 52.3 Å². The van der Waals surface area contributed by atoms with Gasteiger partial charge in [-0.3, -0.25) is 10.00 Å². The number of nitrogens with zero attached hydrogens (tertiary/aromatic N) is 2. The second-order valence-electron chi connectivity index (χ2n) is 5.24. The Labute approximate surface area is 159 Å². The lowest BCUT2D eigenvalue weighted by Gasteiger charge is -2.06. The predicted octanol–water partition coefficient (Wildman–Crippen LogP) is 5.54. The number of benzene rings is 2. The molecule has 0 fully saturated rings. The molecule has 1 aromatic heterocycles. The van der Waals surface area contributed by atoms with Crippen LogP contribution >= 0.6 is 34.8 Å². The van der Waals surface area contributed by atoms with Gasteiger partial charge in [-0.2, -0.15) is 5.10 Å². The van der Waals surface area contributed by atoms with Crippen LogP contribution in [-0.2, 0) is 6.54 Å². The van der Waals surface area contributed by atoms with Crippen LogP contribution in [0.4, 0.5) is 16.3 Å². The zero-order chi connectivity index (χ0) is 17.8. The average Bonchev–Trinajstić information content (AvgIpc) is 2.91. The number of urea groups is 1. The molecule has 2 amide bonds. The van der Waals surface area contributed by atoms with Crippen molar-refractivity contribution in [1.29, 1.82) is 0 Å². The molecule has 0 aliphatic heterocycles. The molecular formula is C17H13Cl3N4O. The Morgan fingerprint density at radius 2 is 1.52 bits per heavy atom. The van der Waals surface area contributed by atoms with Crippen molar-refractivity contribution in [2.45, 2.75) is 6.54 Å². The number of hydrogen-bond donors (Lipinski definition) is 2. The minimum atomic E-state index is -0.444. The lowest BCUT2D eigenvalue weighted by Crippen LogP contribution is -2.20. The molecule has 25 heavy (non-hydrogen) atoms. The average molecular weight is 396 g/mol.